The summed E-state index contributed by atoms with van der Waals surface area (Å²) in [5.74, 6) is 3.11. The lowest BCUT2D eigenvalue weighted by Crippen LogP contribution is -2.41. The number of hydrogen-bond donors (Lipinski definition) is 1. The third kappa shape index (κ3) is 5.22. The predicted molar refractivity (Wildman–Crippen MR) is 124 cm³/mol. The Labute approximate surface area is 191 Å². The lowest BCUT2D eigenvalue weighted by atomic mass is 9.95. The van der Waals surface area contributed by atoms with Gasteiger partial charge in [-0.3, -0.25) is 9.59 Å². The van der Waals surface area contributed by atoms with Crippen molar-refractivity contribution in [3.05, 3.63) is 17.1 Å². The molecule has 4 rings (SSSR count). The fraction of sp³-hybridized carbons (Fsp3) is 0.750. The molecule has 4 heterocycles. The van der Waals surface area contributed by atoms with Crippen molar-refractivity contribution in [2.75, 3.05) is 51.6 Å². The van der Waals surface area contributed by atoms with Gasteiger partial charge in [0.1, 0.15) is 11.6 Å². The summed E-state index contributed by atoms with van der Waals surface area (Å²) in [6.45, 7) is 9.84. The fourth-order valence-corrected chi connectivity index (χ4v) is 5.41. The molecular formula is C24H38N6O2. The van der Waals surface area contributed by atoms with Crippen LogP contribution in [0.4, 0.5) is 5.82 Å². The van der Waals surface area contributed by atoms with E-state index in [1.807, 2.05) is 16.8 Å². The minimum absolute atomic E-state index is 0.138. The van der Waals surface area contributed by atoms with Crippen molar-refractivity contribution in [2.45, 2.75) is 64.8 Å². The first-order valence-corrected chi connectivity index (χ1v) is 12.3. The van der Waals surface area contributed by atoms with E-state index in [4.69, 9.17) is 9.97 Å². The molecule has 0 aliphatic carbocycles. The molecule has 1 unspecified atom stereocenters. The first-order chi connectivity index (χ1) is 15.4. The molecule has 32 heavy (non-hydrogen) atoms. The Hall–Kier alpha value is -2.22. The molecule has 1 N–H and O–H groups in total. The third-order valence-corrected chi connectivity index (χ3v) is 7.36. The number of carbonyl (C=O) groups excluding carboxylic acids is 2. The molecule has 2 fully saturated rings. The van der Waals surface area contributed by atoms with Crippen molar-refractivity contribution >= 4 is 17.6 Å². The molecule has 0 saturated carbocycles. The number of nitrogens with zero attached hydrogens (tertiary/aromatic N) is 5. The van der Waals surface area contributed by atoms with E-state index in [1.165, 1.54) is 12.8 Å². The van der Waals surface area contributed by atoms with Gasteiger partial charge < -0.3 is 20.0 Å². The van der Waals surface area contributed by atoms with Crippen LogP contribution in [0.3, 0.4) is 0 Å². The molecule has 8 heteroatoms. The number of rotatable bonds is 5. The van der Waals surface area contributed by atoms with E-state index in [1.54, 1.807) is 6.92 Å². The van der Waals surface area contributed by atoms with Gasteiger partial charge in [-0.1, -0.05) is 6.92 Å². The van der Waals surface area contributed by atoms with Gasteiger partial charge in [0.25, 0.3) is 0 Å². The molecule has 0 spiro atoms. The Balaban J connectivity index is 1.41. The van der Waals surface area contributed by atoms with Crippen molar-refractivity contribution in [1.29, 1.82) is 0 Å². The van der Waals surface area contributed by atoms with Crippen LogP contribution in [0.25, 0.3) is 0 Å². The molecule has 2 saturated heterocycles. The molecule has 0 aromatic carbocycles. The average Bonchev–Trinajstić information content (AvgIpc) is 2.81. The largest absolute Gasteiger partial charge is 0.373 e. The number of aromatic nitrogens is 2. The molecule has 2 amide bonds. The maximum Gasteiger partial charge on any atom is 0.224 e. The minimum atomic E-state index is 0.138. The van der Waals surface area contributed by atoms with Crippen LogP contribution >= 0.6 is 0 Å². The molecule has 3 aliphatic heterocycles. The molecule has 0 bridgehead atoms. The summed E-state index contributed by atoms with van der Waals surface area (Å²) in [4.78, 5) is 40.7. The summed E-state index contributed by atoms with van der Waals surface area (Å²) in [7, 11) is 1.90. The van der Waals surface area contributed by atoms with Crippen LogP contribution in [0.5, 0.6) is 0 Å². The van der Waals surface area contributed by atoms with E-state index in [0.29, 0.717) is 13.0 Å². The van der Waals surface area contributed by atoms with E-state index >= 15 is 0 Å². The molecular weight excluding hydrogens is 404 g/mol. The van der Waals surface area contributed by atoms with Crippen molar-refractivity contribution in [3.63, 3.8) is 0 Å². The minimum Gasteiger partial charge on any atom is -0.373 e. The Morgan fingerprint density at radius 1 is 1.06 bits per heavy atom. The number of piperidine rings is 2. The quantitative estimate of drug-likeness (QED) is 0.753. The van der Waals surface area contributed by atoms with Gasteiger partial charge in [-0.15, -0.1) is 0 Å². The second-order valence-corrected chi connectivity index (χ2v) is 9.75. The molecule has 3 aliphatic rings. The molecule has 1 aromatic heterocycles. The summed E-state index contributed by atoms with van der Waals surface area (Å²) in [5.41, 5.74) is 2.13. The molecule has 8 nitrogen and oxygen atoms in total. The Morgan fingerprint density at radius 3 is 2.53 bits per heavy atom. The number of nitrogens with one attached hydrogen (secondary N) is 1. The number of anilines is 1. The number of hydrogen-bond acceptors (Lipinski definition) is 6. The maximum absolute atomic E-state index is 13.0. The van der Waals surface area contributed by atoms with Gasteiger partial charge in [-0.05, 0) is 44.6 Å². The van der Waals surface area contributed by atoms with Gasteiger partial charge in [0, 0.05) is 64.6 Å². The number of amides is 2. The Kier molecular flexibility index (Phi) is 7.28. The monoisotopic (exact) mass is 442 g/mol. The summed E-state index contributed by atoms with van der Waals surface area (Å²) < 4.78 is 0. The van der Waals surface area contributed by atoms with Crippen LogP contribution in [-0.4, -0.2) is 82.8 Å². The van der Waals surface area contributed by atoms with Gasteiger partial charge in [0.05, 0.1) is 12.2 Å². The van der Waals surface area contributed by atoms with Crippen LogP contribution < -0.4 is 5.32 Å². The van der Waals surface area contributed by atoms with Crippen LogP contribution in [0, 0.1) is 5.92 Å². The van der Waals surface area contributed by atoms with Gasteiger partial charge in [-0.25, -0.2) is 9.97 Å². The fourth-order valence-electron chi connectivity index (χ4n) is 5.41. The number of likely N-dealkylation sites (tertiary alicyclic amines) is 2. The normalized spacial score (nSPS) is 22.5. The van der Waals surface area contributed by atoms with E-state index in [9.17, 15) is 9.59 Å². The Bertz CT molecular complexity index is 836. The lowest BCUT2D eigenvalue weighted by molar-refractivity contribution is -0.132. The lowest BCUT2D eigenvalue weighted by Gasteiger charge is -2.34. The first kappa shape index (κ1) is 23.0. The zero-order valence-electron chi connectivity index (χ0n) is 19.9. The van der Waals surface area contributed by atoms with E-state index in [0.717, 1.165) is 87.3 Å². The summed E-state index contributed by atoms with van der Waals surface area (Å²) in [6.07, 6.45) is 5.70. The van der Waals surface area contributed by atoms with Gasteiger partial charge in [0.2, 0.25) is 11.8 Å². The molecule has 1 atom stereocenters. The first-order valence-electron chi connectivity index (χ1n) is 12.3. The highest BCUT2D eigenvalue weighted by Crippen LogP contribution is 2.30. The highest BCUT2D eigenvalue weighted by molar-refractivity contribution is 5.77. The van der Waals surface area contributed by atoms with E-state index in [2.05, 4.69) is 17.1 Å². The summed E-state index contributed by atoms with van der Waals surface area (Å²) >= 11 is 0. The van der Waals surface area contributed by atoms with Crippen molar-refractivity contribution in [3.8, 4) is 0 Å². The van der Waals surface area contributed by atoms with Crippen molar-refractivity contribution < 1.29 is 9.59 Å². The predicted octanol–water partition coefficient (Wildman–Crippen LogP) is 2.25. The summed E-state index contributed by atoms with van der Waals surface area (Å²) in [6, 6.07) is 0. The molecule has 0 radical (unpaired) electrons. The van der Waals surface area contributed by atoms with Crippen LogP contribution in [0.1, 0.15) is 69.0 Å². The van der Waals surface area contributed by atoms with Gasteiger partial charge in [0.15, 0.2) is 0 Å². The zero-order chi connectivity index (χ0) is 22.7. The van der Waals surface area contributed by atoms with E-state index < -0.39 is 0 Å². The SMILES string of the molecule is CNc1nc(C2CCN(C(C)=O)CC2)nc2c1CCN(C(=O)CCN1CCCC(C)C1)C2. The number of fused-ring (bicyclic) bond motifs is 1. The van der Waals surface area contributed by atoms with E-state index in [-0.39, 0.29) is 17.7 Å². The van der Waals surface area contributed by atoms with Gasteiger partial charge >= 0.3 is 0 Å². The molecule has 1 aromatic rings. The van der Waals surface area contributed by atoms with Crippen LogP contribution in [0.15, 0.2) is 0 Å². The van der Waals surface area contributed by atoms with Crippen LogP contribution in [-0.2, 0) is 22.6 Å². The average molecular weight is 443 g/mol. The van der Waals surface area contributed by atoms with Gasteiger partial charge in [-0.2, -0.15) is 0 Å². The van der Waals surface area contributed by atoms with Crippen molar-refractivity contribution in [2.24, 2.45) is 5.92 Å². The van der Waals surface area contributed by atoms with Crippen molar-refractivity contribution in [1.82, 2.24) is 24.7 Å². The second-order valence-electron chi connectivity index (χ2n) is 9.75. The summed E-state index contributed by atoms with van der Waals surface area (Å²) in [5, 5.41) is 3.25. The van der Waals surface area contributed by atoms with Crippen LogP contribution in [0.2, 0.25) is 0 Å². The topological polar surface area (TPSA) is 81.7 Å². The highest BCUT2D eigenvalue weighted by atomic mass is 16.2. The highest BCUT2D eigenvalue weighted by Gasteiger charge is 2.29. The zero-order valence-corrected chi connectivity index (χ0v) is 19.9. The maximum atomic E-state index is 13.0. The Morgan fingerprint density at radius 2 is 1.84 bits per heavy atom. The third-order valence-electron chi connectivity index (χ3n) is 7.36. The standard InChI is InChI=1S/C24H38N6O2/c1-17-5-4-10-28(15-17)11-9-22(32)30-14-8-20-21(16-30)26-23(27-24(20)25-3)19-6-12-29(13-7-19)18(2)31/h17,19H,4-16H2,1-3H3,(H,25,26,27). The molecule has 176 valence electrons. The smallest absolute Gasteiger partial charge is 0.224 e. The second kappa shape index (κ2) is 10.1. The number of carbonyl (C=O) groups is 2.